The first kappa shape index (κ1) is 13.5. The summed E-state index contributed by atoms with van der Waals surface area (Å²) in [5.41, 5.74) is 6.44. The lowest BCUT2D eigenvalue weighted by atomic mass is 10.2. The molecule has 1 aromatic carbocycles. The Morgan fingerprint density at radius 3 is 2.53 bits per heavy atom. The van der Waals surface area contributed by atoms with Gasteiger partial charge < -0.3 is 5.73 Å². The second-order valence-electron chi connectivity index (χ2n) is 4.00. The van der Waals surface area contributed by atoms with Gasteiger partial charge in [-0.3, -0.25) is 0 Å². The lowest BCUT2D eigenvalue weighted by molar-refractivity contribution is 0.600. The molecule has 2 aromatic rings. The van der Waals surface area contributed by atoms with Gasteiger partial charge in [0.05, 0.1) is 4.90 Å². The standard InChI is InChI=1S/C11H15N5O2S/c1-16-11(13-8-14-16)15-19(17,18)10-4-2-9(3-5-10)6-7-12/h2-5,8H,6-7,12H2,1H3,(H,13,14,15). The number of sulfonamides is 1. The Bertz CT molecular complexity index is 648. The van der Waals surface area contributed by atoms with Crippen molar-refractivity contribution in [1.82, 2.24) is 14.8 Å². The minimum atomic E-state index is -3.64. The summed E-state index contributed by atoms with van der Waals surface area (Å²) >= 11 is 0. The van der Waals surface area contributed by atoms with Gasteiger partial charge in [-0.05, 0) is 30.7 Å². The molecule has 0 saturated heterocycles. The van der Waals surface area contributed by atoms with E-state index in [0.29, 0.717) is 6.54 Å². The highest BCUT2D eigenvalue weighted by Crippen LogP contribution is 2.14. The minimum absolute atomic E-state index is 0.172. The van der Waals surface area contributed by atoms with Gasteiger partial charge in [0.1, 0.15) is 6.33 Å². The molecule has 0 aliphatic rings. The van der Waals surface area contributed by atoms with Crippen molar-refractivity contribution in [2.45, 2.75) is 11.3 Å². The third-order valence-corrected chi connectivity index (χ3v) is 3.95. The topological polar surface area (TPSA) is 103 Å². The van der Waals surface area contributed by atoms with Crippen LogP contribution in [-0.4, -0.2) is 29.7 Å². The predicted molar refractivity (Wildman–Crippen MR) is 71.0 cm³/mol. The van der Waals surface area contributed by atoms with E-state index < -0.39 is 10.0 Å². The van der Waals surface area contributed by atoms with Crippen molar-refractivity contribution in [2.24, 2.45) is 12.8 Å². The number of nitrogens with two attached hydrogens (primary N) is 1. The molecule has 0 spiro atoms. The van der Waals surface area contributed by atoms with Crippen LogP contribution in [0.3, 0.4) is 0 Å². The van der Waals surface area contributed by atoms with Gasteiger partial charge in [-0.2, -0.15) is 10.1 Å². The van der Waals surface area contributed by atoms with Crippen molar-refractivity contribution in [3.8, 4) is 0 Å². The average Bonchev–Trinajstić information content (AvgIpc) is 2.75. The molecule has 0 aliphatic carbocycles. The summed E-state index contributed by atoms with van der Waals surface area (Å²) in [6.07, 6.45) is 2.00. The molecular weight excluding hydrogens is 266 g/mol. The fourth-order valence-corrected chi connectivity index (χ4v) is 2.61. The van der Waals surface area contributed by atoms with Crippen LogP contribution in [0.5, 0.6) is 0 Å². The van der Waals surface area contributed by atoms with Gasteiger partial charge in [0, 0.05) is 7.05 Å². The molecular formula is C11H15N5O2S. The fourth-order valence-electron chi connectivity index (χ4n) is 1.57. The van der Waals surface area contributed by atoms with Gasteiger partial charge >= 0.3 is 0 Å². The van der Waals surface area contributed by atoms with Crippen molar-refractivity contribution in [2.75, 3.05) is 11.3 Å². The number of nitrogens with one attached hydrogen (secondary N) is 1. The maximum atomic E-state index is 12.1. The normalized spacial score (nSPS) is 11.5. The van der Waals surface area contributed by atoms with E-state index in [-0.39, 0.29) is 10.8 Å². The molecule has 0 amide bonds. The molecule has 7 nitrogen and oxygen atoms in total. The average molecular weight is 281 g/mol. The predicted octanol–water partition coefficient (Wildman–Crippen LogP) is 0.117. The largest absolute Gasteiger partial charge is 0.330 e. The Morgan fingerprint density at radius 1 is 1.32 bits per heavy atom. The summed E-state index contributed by atoms with van der Waals surface area (Å²) < 4.78 is 27.9. The number of aryl methyl sites for hydroxylation is 1. The number of rotatable bonds is 5. The van der Waals surface area contributed by atoms with E-state index in [2.05, 4.69) is 14.8 Å². The van der Waals surface area contributed by atoms with Crippen molar-refractivity contribution in [1.29, 1.82) is 0 Å². The van der Waals surface area contributed by atoms with Crippen LogP contribution in [0.25, 0.3) is 0 Å². The lowest BCUT2D eigenvalue weighted by Crippen LogP contribution is -2.16. The minimum Gasteiger partial charge on any atom is -0.330 e. The van der Waals surface area contributed by atoms with E-state index in [0.717, 1.165) is 12.0 Å². The molecule has 0 radical (unpaired) electrons. The Labute approximate surface area is 111 Å². The zero-order chi connectivity index (χ0) is 13.9. The first-order valence-corrected chi connectivity index (χ1v) is 7.17. The Kier molecular flexibility index (Phi) is 3.82. The summed E-state index contributed by atoms with van der Waals surface area (Å²) in [6, 6.07) is 6.59. The summed E-state index contributed by atoms with van der Waals surface area (Å²) in [5.74, 6) is 0.172. The third-order valence-electron chi connectivity index (χ3n) is 2.60. The lowest BCUT2D eigenvalue weighted by Gasteiger charge is -2.07. The summed E-state index contributed by atoms with van der Waals surface area (Å²) in [4.78, 5) is 4.00. The van der Waals surface area contributed by atoms with Gasteiger partial charge in [0.2, 0.25) is 5.95 Å². The molecule has 0 atom stereocenters. The highest BCUT2D eigenvalue weighted by Gasteiger charge is 2.16. The molecule has 0 saturated carbocycles. The molecule has 8 heteroatoms. The van der Waals surface area contributed by atoms with Gasteiger partial charge in [-0.15, -0.1) is 0 Å². The van der Waals surface area contributed by atoms with Crippen LogP contribution in [0.1, 0.15) is 5.56 Å². The van der Waals surface area contributed by atoms with Crippen LogP contribution in [0, 0.1) is 0 Å². The molecule has 0 aliphatic heterocycles. The molecule has 19 heavy (non-hydrogen) atoms. The molecule has 102 valence electrons. The van der Waals surface area contributed by atoms with Gasteiger partial charge in [-0.25, -0.2) is 17.8 Å². The molecule has 1 heterocycles. The number of hydrogen-bond acceptors (Lipinski definition) is 5. The zero-order valence-corrected chi connectivity index (χ0v) is 11.3. The van der Waals surface area contributed by atoms with Crippen LogP contribution in [-0.2, 0) is 23.5 Å². The first-order chi connectivity index (χ1) is 9.03. The third kappa shape index (κ3) is 3.09. The van der Waals surface area contributed by atoms with Gasteiger partial charge in [0.25, 0.3) is 10.0 Å². The van der Waals surface area contributed by atoms with Gasteiger partial charge in [0.15, 0.2) is 0 Å². The molecule has 0 unspecified atom stereocenters. The summed E-state index contributed by atoms with van der Waals surface area (Å²) in [5, 5.41) is 3.80. The number of hydrogen-bond donors (Lipinski definition) is 2. The molecule has 2 rings (SSSR count). The fraction of sp³-hybridized carbons (Fsp3) is 0.273. The van der Waals surface area contributed by atoms with E-state index in [4.69, 9.17) is 5.73 Å². The smallest absolute Gasteiger partial charge is 0.264 e. The molecule has 3 N–H and O–H groups in total. The van der Waals surface area contributed by atoms with Crippen molar-refractivity contribution in [3.05, 3.63) is 36.2 Å². The molecule has 1 aromatic heterocycles. The maximum Gasteiger partial charge on any atom is 0.264 e. The molecule has 0 bridgehead atoms. The van der Waals surface area contributed by atoms with Crippen LogP contribution < -0.4 is 10.5 Å². The van der Waals surface area contributed by atoms with E-state index in [1.807, 2.05) is 0 Å². The number of aromatic nitrogens is 3. The van der Waals surface area contributed by atoms with Crippen molar-refractivity contribution in [3.63, 3.8) is 0 Å². The number of nitrogens with zero attached hydrogens (tertiary/aromatic N) is 3. The summed E-state index contributed by atoms with van der Waals surface area (Å²) in [7, 11) is -2.04. The molecule has 0 fully saturated rings. The van der Waals surface area contributed by atoms with E-state index >= 15 is 0 Å². The SMILES string of the molecule is Cn1ncnc1NS(=O)(=O)c1ccc(CCN)cc1. The maximum absolute atomic E-state index is 12.1. The monoisotopic (exact) mass is 281 g/mol. The van der Waals surface area contributed by atoms with E-state index in [1.54, 1.807) is 31.3 Å². The first-order valence-electron chi connectivity index (χ1n) is 5.69. The van der Waals surface area contributed by atoms with E-state index in [9.17, 15) is 8.42 Å². The number of anilines is 1. The number of benzene rings is 1. The quantitative estimate of drug-likeness (QED) is 0.810. The highest BCUT2D eigenvalue weighted by molar-refractivity contribution is 7.92. The van der Waals surface area contributed by atoms with Crippen molar-refractivity contribution < 1.29 is 8.42 Å². The Balaban J connectivity index is 2.22. The van der Waals surface area contributed by atoms with E-state index in [1.165, 1.54) is 11.0 Å². The van der Waals surface area contributed by atoms with Crippen molar-refractivity contribution >= 4 is 16.0 Å². The van der Waals surface area contributed by atoms with Crippen LogP contribution in [0.4, 0.5) is 5.95 Å². The van der Waals surface area contributed by atoms with Crippen LogP contribution in [0.2, 0.25) is 0 Å². The second kappa shape index (κ2) is 5.37. The Hall–Kier alpha value is -1.93. The van der Waals surface area contributed by atoms with Gasteiger partial charge in [-0.1, -0.05) is 12.1 Å². The zero-order valence-electron chi connectivity index (χ0n) is 10.4. The van der Waals surface area contributed by atoms with Crippen LogP contribution in [0.15, 0.2) is 35.5 Å². The Morgan fingerprint density at radius 2 is 2.00 bits per heavy atom. The summed E-state index contributed by atoms with van der Waals surface area (Å²) in [6.45, 7) is 0.531. The second-order valence-corrected chi connectivity index (χ2v) is 5.68. The van der Waals surface area contributed by atoms with Crippen LogP contribution >= 0.6 is 0 Å². The highest BCUT2D eigenvalue weighted by atomic mass is 32.2.